The molecule has 5 heteroatoms. The molecular formula is C16H26N2O3. The molecule has 0 spiro atoms. The van der Waals surface area contributed by atoms with E-state index in [1.54, 1.807) is 6.07 Å². The topological polar surface area (TPSA) is 70.6 Å². The van der Waals surface area contributed by atoms with E-state index in [0.29, 0.717) is 17.9 Å². The molecule has 1 atom stereocenters. The number of anilines is 1. The first-order valence-electron chi connectivity index (χ1n) is 7.32. The second-order valence-electron chi connectivity index (χ2n) is 5.93. The van der Waals surface area contributed by atoms with E-state index in [0.717, 1.165) is 6.42 Å². The van der Waals surface area contributed by atoms with Crippen LogP contribution in [0.25, 0.3) is 0 Å². The lowest BCUT2D eigenvalue weighted by atomic mass is 10.1. The lowest BCUT2D eigenvalue weighted by molar-refractivity contribution is 0.132. The van der Waals surface area contributed by atoms with Crippen LogP contribution in [0.1, 0.15) is 40.5 Å². The third kappa shape index (κ3) is 6.49. The summed E-state index contributed by atoms with van der Waals surface area (Å²) in [7, 11) is 0. The van der Waals surface area contributed by atoms with Crippen molar-refractivity contribution in [2.24, 2.45) is 0 Å². The van der Waals surface area contributed by atoms with Crippen LogP contribution < -0.4 is 15.4 Å². The lowest BCUT2D eigenvalue weighted by Gasteiger charge is -2.24. The predicted octanol–water partition coefficient (Wildman–Crippen LogP) is 3.15. The van der Waals surface area contributed by atoms with Crippen LogP contribution in [0.3, 0.4) is 0 Å². The summed E-state index contributed by atoms with van der Waals surface area (Å²) in [4.78, 5) is 12.0. The van der Waals surface area contributed by atoms with Gasteiger partial charge in [-0.2, -0.15) is 0 Å². The number of rotatable bonds is 6. The number of hydrogen-bond acceptors (Lipinski definition) is 3. The number of ether oxygens (including phenoxy) is 1. The first kappa shape index (κ1) is 17.3. The fourth-order valence-electron chi connectivity index (χ4n) is 1.87. The molecule has 1 aromatic rings. The van der Waals surface area contributed by atoms with Crippen LogP contribution in [0.15, 0.2) is 24.3 Å². The molecule has 21 heavy (non-hydrogen) atoms. The zero-order chi connectivity index (χ0) is 15.9. The Hall–Kier alpha value is -1.75. The minimum Gasteiger partial charge on any atom is -0.486 e. The summed E-state index contributed by atoms with van der Waals surface area (Å²) in [6, 6.07) is 7.01. The molecule has 0 radical (unpaired) electrons. The Bertz CT molecular complexity index is 455. The SMILES string of the molecule is CCC(CCO)NC(=O)Nc1ccccc1OC(C)(C)C. The van der Waals surface area contributed by atoms with Gasteiger partial charge in [-0.1, -0.05) is 19.1 Å². The number of carbonyl (C=O) groups excluding carboxylic acids is 1. The van der Waals surface area contributed by atoms with Gasteiger partial charge in [0.05, 0.1) is 5.69 Å². The number of aliphatic hydroxyl groups is 1. The van der Waals surface area contributed by atoms with E-state index >= 15 is 0 Å². The number of hydrogen-bond donors (Lipinski definition) is 3. The maximum Gasteiger partial charge on any atom is 0.319 e. The fraction of sp³-hybridized carbons (Fsp3) is 0.562. The molecule has 0 aliphatic heterocycles. The van der Waals surface area contributed by atoms with Crippen molar-refractivity contribution in [3.05, 3.63) is 24.3 Å². The third-order valence-electron chi connectivity index (χ3n) is 2.86. The number of aliphatic hydroxyl groups excluding tert-OH is 1. The number of benzene rings is 1. The zero-order valence-electron chi connectivity index (χ0n) is 13.3. The Morgan fingerprint density at radius 1 is 1.33 bits per heavy atom. The van der Waals surface area contributed by atoms with Gasteiger partial charge in [-0.25, -0.2) is 4.79 Å². The van der Waals surface area contributed by atoms with E-state index in [2.05, 4.69) is 10.6 Å². The Morgan fingerprint density at radius 3 is 2.57 bits per heavy atom. The number of para-hydroxylation sites is 2. The molecule has 0 saturated carbocycles. The molecule has 0 saturated heterocycles. The van der Waals surface area contributed by atoms with Gasteiger partial charge in [-0.3, -0.25) is 0 Å². The van der Waals surface area contributed by atoms with Gasteiger partial charge in [0.15, 0.2) is 0 Å². The number of urea groups is 1. The summed E-state index contributed by atoms with van der Waals surface area (Å²) >= 11 is 0. The summed E-state index contributed by atoms with van der Waals surface area (Å²) in [5.74, 6) is 0.635. The van der Waals surface area contributed by atoms with Gasteiger partial charge in [-0.05, 0) is 45.7 Å². The Balaban J connectivity index is 2.71. The van der Waals surface area contributed by atoms with Crippen molar-refractivity contribution in [2.75, 3.05) is 11.9 Å². The second-order valence-corrected chi connectivity index (χ2v) is 5.93. The molecule has 3 N–H and O–H groups in total. The van der Waals surface area contributed by atoms with Crippen molar-refractivity contribution in [1.82, 2.24) is 5.32 Å². The predicted molar refractivity (Wildman–Crippen MR) is 84.8 cm³/mol. The van der Waals surface area contributed by atoms with Gasteiger partial charge in [-0.15, -0.1) is 0 Å². The van der Waals surface area contributed by atoms with Gasteiger partial charge in [0.2, 0.25) is 0 Å². The van der Waals surface area contributed by atoms with E-state index in [1.807, 2.05) is 45.9 Å². The lowest BCUT2D eigenvalue weighted by Crippen LogP contribution is -2.38. The van der Waals surface area contributed by atoms with Crippen molar-refractivity contribution in [1.29, 1.82) is 0 Å². The van der Waals surface area contributed by atoms with E-state index in [1.165, 1.54) is 0 Å². The van der Waals surface area contributed by atoms with Crippen LogP contribution in [0.2, 0.25) is 0 Å². The number of amides is 2. The van der Waals surface area contributed by atoms with E-state index in [-0.39, 0.29) is 24.3 Å². The third-order valence-corrected chi connectivity index (χ3v) is 2.86. The zero-order valence-corrected chi connectivity index (χ0v) is 13.3. The monoisotopic (exact) mass is 294 g/mol. The molecule has 0 aliphatic rings. The fourth-order valence-corrected chi connectivity index (χ4v) is 1.87. The standard InChI is InChI=1S/C16H26N2O3/c1-5-12(10-11-19)17-15(20)18-13-8-6-7-9-14(13)21-16(2,3)4/h6-9,12,19H,5,10-11H2,1-4H3,(H2,17,18,20). The highest BCUT2D eigenvalue weighted by Crippen LogP contribution is 2.27. The van der Waals surface area contributed by atoms with Crippen molar-refractivity contribution < 1.29 is 14.6 Å². The van der Waals surface area contributed by atoms with Gasteiger partial charge in [0, 0.05) is 12.6 Å². The molecule has 1 rings (SSSR count). The summed E-state index contributed by atoms with van der Waals surface area (Å²) in [6.07, 6.45) is 1.32. The largest absolute Gasteiger partial charge is 0.486 e. The van der Waals surface area contributed by atoms with Gasteiger partial charge in [0.25, 0.3) is 0 Å². The highest BCUT2D eigenvalue weighted by atomic mass is 16.5. The van der Waals surface area contributed by atoms with Crippen molar-refractivity contribution >= 4 is 11.7 Å². The van der Waals surface area contributed by atoms with Crippen molar-refractivity contribution in [3.8, 4) is 5.75 Å². The molecular weight excluding hydrogens is 268 g/mol. The van der Waals surface area contributed by atoms with Crippen LogP contribution >= 0.6 is 0 Å². The van der Waals surface area contributed by atoms with Crippen LogP contribution in [0.5, 0.6) is 5.75 Å². The molecule has 2 amide bonds. The van der Waals surface area contributed by atoms with Crippen molar-refractivity contribution in [3.63, 3.8) is 0 Å². The maximum absolute atomic E-state index is 12.0. The quantitative estimate of drug-likeness (QED) is 0.755. The molecule has 0 aliphatic carbocycles. The average molecular weight is 294 g/mol. The van der Waals surface area contributed by atoms with Crippen LogP contribution in [0.4, 0.5) is 10.5 Å². The molecule has 1 aromatic carbocycles. The maximum atomic E-state index is 12.0. The second kappa shape index (κ2) is 7.88. The molecule has 0 fully saturated rings. The summed E-state index contributed by atoms with van der Waals surface area (Å²) in [5.41, 5.74) is 0.292. The average Bonchev–Trinajstić information content (AvgIpc) is 2.39. The highest BCUT2D eigenvalue weighted by molar-refractivity contribution is 5.91. The first-order chi connectivity index (χ1) is 9.85. The minimum absolute atomic E-state index is 0.0364. The van der Waals surface area contributed by atoms with Gasteiger partial charge >= 0.3 is 6.03 Å². The normalized spacial score (nSPS) is 12.6. The van der Waals surface area contributed by atoms with Crippen molar-refractivity contribution in [2.45, 2.75) is 52.2 Å². The Kier molecular flexibility index (Phi) is 6.49. The Labute approximate surface area is 126 Å². The van der Waals surface area contributed by atoms with E-state index in [9.17, 15) is 4.79 Å². The molecule has 0 heterocycles. The molecule has 1 unspecified atom stereocenters. The number of nitrogens with one attached hydrogen (secondary N) is 2. The summed E-state index contributed by atoms with van der Waals surface area (Å²) in [6.45, 7) is 7.90. The molecule has 118 valence electrons. The van der Waals surface area contributed by atoms with E-state index < -0.39 is 0 Å². The van der Waals surface area contributed by atoms with Gasteiger partial charge < -0.3 is 20.5 Å². The highest BCUT2D eigenvalue weighted by Gasteiger charge is 2.16. The summed E-state index contributed by atoms with van der Waals surface area (Å²) in [5, 5.41) is 14.6. The number of carbonyl (C=O) groups is 1. The van der Waals surface area contributed by atoms with Gasteiger partial charge in [0.1, 0.15) is 11.4 Å². The first-order valence-corrected chi connectivity index (χ1v) is 7.32. The summed E-state index contributed by atoms with van der Waals surface area (Å²) < 4.78 is 5.83. The van der Waals surface area contributed by atoms with E-state index in [4.69, 9.17) is 9.84 Å². The molecule has 0 aromatic heterocycles. The Morgan fingerprint density at radius 2 is 2.00 bits per heavy atom. The smallest absolute Gasteiger partial charge is 0.319 e. The molecule has 0 bridgehead atoms. The molecule has 5 nitrogen and oxygen atoms in total. The van der Waals surface area contributed by atoms with Crippen LogP contribution in [0, 0.1) is 0 Å². The van der Waals surface area contributed by atoms with Crippen LogP contribution in [-0.2, 0) is 0 Å². The minimum atomic E-state index is -0.336. The van der Waals surface area contributed by atoms with Crippen LogP contribution in [-0.4, -0.2) is 29.4 Å².